The lowest BCUT2D eigenvalue weighted by Gasteiger charge is -2.48. The molecule has 2 unspecified atom stereocenters. The zero-order chi connectivity index (χ0) is 12.5. The van der Waals surface area contributed by atoms with Crippen molar-refractivity contribution in [2.45, 2.75) is 49.8 Å². The molecule has 104 valence electrons. The average Bonchev–Trinajstić information content (AvgIpc) is 2.41. The van der Waals surface area contributed by atoms with Crippen LogP contribution in [-0.4, -0.2) is 42.5 Å². The van der Waals surface area contributed by atoms with E-state index in [9.17, 15) is 0 Å². The second-order valence-electron chi connectivity index (χ2n) is 6.15. The zero-order valence-corrected chi connectivity index (χ0v) is 11.9. The highest BCUT2D eigenvalue weighted by molar-refractivity contribution is 7.99. The van der Waals surface area contributed by atoms with Crippen LogP contribution in [0.5, 0.6) is 0 Å². The van der Waals surface area contributed by atoms with E-state index in [1.54, 1.807) is 0 Å². The number of hydrogen-bond donors (Lipinski definition) is 1. The van der Waals surface area contributed by atoms with Crippen LogP contribution in [0.3, 0.4) is 0 Å². The van der Waals surface area contributed by atoms with Gasteiger partial charge in [-0.15, -0.1) is 0 Å². The largest absolute Gasteiger partial charge is 0.375 e. The number of halogens is 1. The van der Waals surface area contributed by atoms with Gasteiger partial charge in [-0.3, -0.25) is 0 Å². The van der Waals surface area contributed by atoms with E-state index in [4.69, 9.17) is 4.74 Å². The predicted octanol–water partition coefficient (Wildman–Crippen LogP) is 2.77. The molecule has 1 N–H and O–H groups in total. The van der Waals surface area contributed by atoms with Crippen molar-refractivity contribution >= 4 is 11.8 Å². The summed E-state index contributed by atoms with van der Waals surface area (Å²) in [5, 5.41) is 3.24. The summed E-state index contributed by atoms with van der Waals surface area (Å²) in [7, 11) is 0. The topological polar surface area (TPSA) is 21.3 Å². The molecule has 0 aromatic rings. The molecule has 2 atom stereocenters. The maximum Gasteiger partial charge on any atom is 0.126 e. The minimum Gasteiger partial charge on any atom is -0.375 e. The molecule has 2 nitrogen and oxygen atoms in total. The van der Waals surface area contributed by atoms with Crippen molar-refractivity contribution < 1.29 is 9.13 Å². The summed E-state index contributed by atoms with van der Waals surface area (Å²) in [5.74, 6) is 2.58. The third kappa shape index (κ3) is 2.56. The Morgan fingerprint density at radius 1 is 1.22 bits per heavy atom. The highest BCUT2D eigenvalue weighted by atomic mass is 32.2. The third-order valence-corrected chi connectivity index (χ3v) is 5.98. The monoisotopic (exact) mass is 273 g/mol. The summed E-state index contributed by atoms with van der Waals surface area (Å²) >= 11 is 2.01. The molecule has 0 bridgehead atoms. The second-order valence-corrected chi connectivity index (χ2v) is 7.37. The van der Waals surface area contributed by atoms with Crippen molar-refractivity contribution in [1.29, 1.82) is 0 Å². The number of piperidine rings is 1. The van der Waals surface area contributed by atoms with Crippen molar-refractivity contribution in [2.75, 3.05) is 31.2 Å². The summed E-state index contributed by atoms with van der Waals surface area (Å²) in [6.07, 6.45) is 5.83. The SMILES string of the molecule is FC1(C2CCOC3(CCSCC3)C2)CCCNC1. The fourth-order valence-electron chi connectivity index (χ4n) is 3.80. The number of thioether (sulfide) groups is 1. The van der Waals surface area contributed by atoms with Gasteiger partial charge in [0.1, 0.15) is 5.67 Å². The van der Waals surface area contributed by atoms with Crippen LogP contribution in [0.4, 0.5) is 4.39 Å². The van der Waals surface area contributed by atoms with Gasteiger partial charge in [0.05, 0.1) is 5.60 Å². The van der Waals surface area contributed by atoms with Crippen molar-refractivity contribution in [3.05, 3.63) is 0 Å². The van der Waals surface area contributed by atoms with Crippen LogP contribution in [0, 0.1) is 5.92 Å². The standard InChI is InChI=1S/C14H24FNOS/c15-14(3-1-6-16-11-14)12-2-7-17-13(10-12)4-8-18-9-5-13/h12,16H,1-11H2. The molecule has 3 saturated heterocycles. The molecule has 3 rings (SSSR count). The van der Waals surface area contributed by atoms with Crippen LogP contribution in [-0.2, 0) is 4.74 Å². The van der Waals surface area contributed by atoms with Crippen LogP contribution in [0.25, 0.3) is 0 Å². The summed E-state index contributed by atoms with van der Waals surface area (Å²) in [6.45, 7) is 2.31. The summed E-state index contributed by atoms with van der Waals surface area (Å²) in [5.41, 5.74) is -0.954. The highest BCUT2D eigenvalue weighted by Crippen LogP contribution is 2.45. The van der Waals surface area contributed by atoms with E-state index in [0.29, 0.717) is 6.54 Å². The molecule has 4 heteroatoms. The normalized spacial score (nSPS) is 40.8. The van der Waals surface area contributed by atoms with E-state index < -0.39 is 5.67 Å². The number of nitrogens with one attached hydrogen (secondary N) is 1. The lowest BCUT2D eigenvalue weighted by Crippen LogP contribution is -2.53. The van der Waals surface area contributed by atoms with Crippen LogP contribution in [0.2, 0.25) is 0 Å². The fourth-order valence-corrected chi connectivity index (χ4v) is 5.04. The molecule has 3 aliphatic heterocycles. The molecule has 0 aliphatic carbocycles. The van der Waals surface area contributed by atoms with Gasteiger partial charge in [-0.1, -0.05) is 0 Å². The summed E-state index contributed by atoms with van der Waals surface area (Å²) in [6, 6.07) is 0. The van der Waals surface area contributed by atoms with Crippen molar-refractivity contribution in [3.8, 4) is 0 Å². The van der Waals surface area contributed by atoms with E-state index in [1.807, 2.05) is 11.8 Å². The Morgan fingerprint density at radius 3 is 2.78 bits per heavy atom. The lowest BCUT2D eigenvalue weighted by atomic mass is 9.72. The van der Waals surface area contributed by atoms with E-state index in [2.05, 4.69) is 5.32 Å². The molecule has 18 heavy (non-hydrogen) atoms. The number of rotatable bonds is 1. The van der Waals surface area contributed by atoms with Gasteiger partial charge in [0.2, 0.25) is 0 Å². The third-order valence-electron chi connectivity index (χ3n) is 4.99. The molecule has 0 aromatic carbocycles. The zero-order valence-electron chi connectivity index (χ0n) is 11.0. The van der Waals surface area contributed by atoms with Gasteiger partial charge in [0.15, 0.2) is 0 Å². The smallest absolute Gasteiger partial charge is 0.126 e. The minimum absolute atomic E-state index is 0.0186. The van der Waals surface area contributed by atoms with Gasteiger partial charge >= 0.3 is 0 Å². The molecule has 0 saturated carbocycles. The fraction of sp³-hybridized carbons (Fsp3) is 1.00. The Labute approximate surface area is 113 Å². The van der Waals surface area contributed by atoms with Crippen molar-refractivity contribution in [1.82, 2.24) is 5.32 Å². The second kappa shape index (κ2) is 5.29. The number of alkyl halides is 1. The first kappa shape index (κ1) is 13.2. The van der Waals surface area contributed by atoms with Gasteiger partial charge in [-0.2, -0.15) is 11.8 Å². The Hall–Kier alpha value is 0.200. The minimum atomic E-state index is -0.973. The molecular formula is C14H24FNOS. The number of hydrogen-bond acceptors (Lipinski definition) is 3. The van der Waals surface area contributed by atoms with E-state index in [0.717, 1.165) is 51.7 Å². The van der Waals surface area contributed by atoms with E-state index in [-0.39, 0.29) is 11.5 Å². The van der Waals surface area contributed by atoms with Gasteiger partial charge in [-0.05, 0) is 62.5 Å². The van der Waals surface area contributed by atoms with Crippen LogP contribution in [0.1, 0.15) is 38.5 Å². The predicted molar refractivity (Wildman–Crippen MR) is 73.9 cm³/mol. The summed E-state index contributed by atoms with van der Waals surface area (Å²) in [4.78, 5) is 0. The molecule has 3 fully saturated rings. The van der Waals surface area contributed by atoms with Crippen molar-refractivity contribution in [2.24, 2.45) is 5.92 Å². The van der Waals surface area contributed by atoms with Crippen LogP contribution in [0.15, 0.2) is 0 Å². The quantitative estimate of drug-likeness (QED) is 0.794. The number of ether oxygens (including phenoxy) is 1. The maximum atomic E-state index is 15.1. The highest BCUT2D eigenvalue weighted by Gasteiger charge is 2.47. The molecule has 1 spiro atoms. The molecule has 3 aliphatic rings. The molecular weight excluding hydrogens is 249 g/mol. The Morgan fingerprint density at radius 2 is 2.06 bits per heavy atom. The van der Waals surface area contributed by atoms with Gasteiger partial charge in [-0.25, -0.2) is 4.39 Å². The first-order chi connectivity index (χ1) is 8.73. The van der Waals surface area contributed by atoms with Crippen LogP contribution >= 0.6 is 11.8 Å². The average molecular weight is 273 g/mol. The van der Waals surface area contributed by atoms with E-state index >= 15 is 4.39 Å². The van der Waals surface area contributed by atoms with E-state index in [1.165, 1.54) is 11.5 Å². The van der Waals surface area contributed by atoms with Gasteiger partial charge in [0.25, 0.3) is 0 Å². The first-order valence-corrected chi connectivity index (χ1v) is 8.49. The molecule has 0 aromatic heterocycles. The molecule has 0 radical (unpaired) electrons. The first-order valence-electron chi connectivity index (χ1n) is 7.34. The maximum absolute atomic E-state index is 15.1. The van der Waals surface area contributed by atoms with Crippen molar-refractivity contribution in [3.63, 3.8) is 0 Å². The Kier molecular flexibility index (Phi) is 3.88. The lowest BCUT2D eigenvalue weighted by molar-refractivity contribution is -0.131. The summed E-state index contributed by atoms with van der Waals surface area (Å²) < 4.78 is 21.1. The van der Waals surface area contributed by atoms with Gasteiger partial charge < -0.3 is 10.1 Å². The van der Waals surface area contributed by atoms with Gasteiger partial charge in [0, 0.05) is 13.2 Å². The van der Waals surface area contributed by atoms with Crippen LogP contribution < -0.4 is 5.32 Å². The molecule has 3 heterocycles. The Balaban J connectivity index is 1.69. The molecule has 0 amide bonds. The Bertz CT molecular complexity index is 269.